The monoisotopic (exact) mass is 263 g/mol. The molecule has 0 fully saturated rings. The molecule has 1 aromatic carbocycles. The third-order valence-electron chi connectivity index (χ3n) is 3.22. The van der Waals surface area contributed by atoms with Gasteiger partial charge in [-0.25, -0.2) is 0 Å². The maximum atomic E-state index is 6.05. The molecular weight excluding hydrogens is 238 g/mol. The van der Waals surface area contributed by atoms with Gasteiger partial charge in [0.15, 0.2) is 0 Å². The quantitative estimate of drug-likeness (QED) is 0.801. The van der Waals surface area contributed by atoms with Crippen molar-refractivity contribution < 1.29 is 9.47 Å². The summed E-state index contributed by atoms with van der Waals surface area (Å²) in [5.74, 6) is 1.07. The van der Waals surface area contributed by atoms with Crippen molar-refractivity contribution in [3.05, 3.63) is 29.3 Å². The van der Waals surface area contributed by atoms with Crippen LogP contribution in [0.25, 0.3) is 0 Å². The van der Waals surface area contributed by atoms with Crippen LogP contribution in [0, 0.1) is 0 Å². The average molecular weight is 263 g/mol. The molecule has 1 aliphatic rings. The van der Waals surface area contributed by atoms with Gasteiger partial charge in [-0.1, -0.05) is 18.2 Å². The summed E-state index contributed by atoms with van der Waals surface area (Å²) in [6.45, 7) is 10.8. The molecule has 1 aromatic rings. The highest BCUT2D eigenvalue weighted by atomic mass is 16.5. The van der Waals surface area contributed by atoms with E-state index in [1.54, 1.807) is 0 Å². The largest absolute Gasteiger partial charge is 0.487 e. The molecule has 1 N–H and O–H groups in total. The minimum Gasteiger partial charge on any atom is -0.487 e. The molecule has 0 spiro atoms. The molecule has 0 radical (unpaired) electrons. The average Bonchev–Trinajstić information content (AvgIpc) is 2.63. The summed E-state index contributed by atoms with van der Waals surface area (Å²) in [6, 6.07) is 6.41. The molecule has 3 nitrogen and oxygen atoms in total. The fourth-order valence-electron chi connectivity index (χ4n) is 2.41. The maximum Gasteiger partial charge on any atom is 0.127 e. The number of hydrogen-bond acceptors (Lipinski definition) is 3. The number of benzene rings is 1. The van der Waals surface area contributed by atoms with Crippen LogP contribution in [0.1, 0.15) is 38.8 Å². The molecule has 0 aromatic heterocycles. The van der Waals surface area contributed by atoms with Crippen molar-refractivity contribution in [2.45, 2.75) is 52.4 Å². The highest BCUT2D eigenvalue weighted by Gasteiger charge is 2.31. The molecule has 106 valence electrons. The Hall–Kier alpha value is -1.06. The van der Waals surface area contributed by atoms with Crippen LogP contribution >= 0.6 is 0 Å². The molecule has 2 rings (SSSR count). The van der Waals surface area contributed by atoms with Crippen LogP contribution in [-0.4, -0.2) is 24.9 Å². The Bertz CT molecular complexity index is 427. The van der Waals surface area contributed by atoms with E-state index in [2.05, 4.69) is 51.2 Å². The van der Waals surface area contributed by atoms with Crippen molar-refractivity contribution in [3.63, 3.8) is 0 Å². The first-order valence-corrected chi connectivity index (χ1v) is 7.10. The number of hydrogen-bond donors (Lipinski definition) is 1. The minimum absolute atomic E-state index is 0.0702. The fourth-order valence-corrected chi connectivity index (χ4v) is 2.41. The Balaban J connectivity index is 1.87. The second-order valence-corrected chi connectivity index (χ2v) is 6.04. The Kier molecular flexibility index (Phi) is 4.48. The maximum absolute atomic E-state index is 6.05. The minimum atomic E-state index is -0.0702. The standard InChI is InChI=1S/C16H25NO2/c1-12(2)18-9-8-17-11-14-7-5-6-13-10-16(3,4)19-15(13)14/h5-7,12,17H,8-11H2,1-4H3. The van der Waals surface area contributed by atoms with Gasteiger partial charge in [-0.15, -0.1) is 0 Å². The van der Waals surface area contributed by atoms with Crippen LogP contribution in [0.2, 0.25) is 0 Å². The normalized spacial score (nSPS) is 16.5. The number of rotatable bonds is 6. The molecule has 0 bridgehead atoms. The predicted molar refractivity (Wildman–Crippen MR) is 77.6 cm³/mol. The van der Waals surface area contributed by atoms with Gasteiger partial charge in [-0.2, -0.15) is 0 Å². The third-order valence-corrected chi connectivity index (χ3v) is 3.22. The molecule has 0 unspecified atom stereocenters. The van der Waals surface area contributed by atoms with Crippen molar-refractivity contribution in [1.82, 2.24) is 5.32 Å². The van der Waals surface area contributed by atoms with Crippen molar-refractivity contribution in [3.8, 4) is 5.75 Å². The highest BCUT2D eigenvalue weighted by Crippen LogP contribution is 2.37. The number of para-hydroxylation sites is 1. The van der Waals surface area contributed by atoms with Gasteiger partial charge < -0.3 is 14.8 Å². The lowest BCUT2D eigenvalue weighted by Gasteiger charge is -2.18. The van der Waals surface area contributed by atoms with E-state index in [4.69, 9.17) is 9.47 Å². The topological polar surface area (TPSA) is 30.5 Å². The zero-order valence-corrected chi connectivity index (χ0v) is 12.5. The highest BCUT2D eigenvalue weighted by molar-refractivity contribution is 5.45. The smallest absolute Gasteiger partial charge is 0.127 e. The van der Waals surface area contributed by atoms with Gasteiger partial charge in [0.1, 0.15) is 11.4 Å². The van der Waals surface area contributed by atoms with Crippen molar-refractivity contribution >= 4 is 0 Å². The van der Waals surface area contributed by atoms with Crippen molar-refractivity contribution in [1.29, 1.82) is 0 Å². The second-order valence-electron chi connectivity index (χ2n) is 6.04. The SMILES string of the molecule is CC(C)OCCNCc1cccc2c1OC(C)(C)C2. The van der Waals surface area contributed by atoms with E-state index in [-0.39, 0.29) is 5.60 Å². The molecule has 3 heteroatoms. The van der Waals surface area contributed by atoms with E-state index in [0.29, 0.717) is 6.10 Å². The van der Waals surface area contributed by atoms with E-state index in [1.165, 1.54) is 11.1 Å². The fraction of sp³-hybridized carbons (Fsp3) is 0.625. The van der Waals surface area contributed by atoms with E-state index < -0.39 is 0 Å². The molecule has 1 heterocycles. The lowest BCUT2D eigenvalue weighted by molar-refractivity contribution is 0.0806. The molecule has 0 atom stereocenters. The first kappa shape index (κ1) is 14.4. The lowest BCUT2D eigenvalue weighted by Crippen LogP contribution is -2.25. The lowest BCUT2D eigenvalue weighted by atomic mass is 10.0. The molecule has 0 amide bonds. The van der Waals surface area contributed by atoms with Gasteiger partial charge in [0.25, 0.3) is 0 Å². The number of nitrogens with one attached hydrogen (secondary N) is 1. The Morgan fingerprint density at radius 1 is 1.37 bits per heavy atom. The Labute approximate surface area is 116 Å². The van der Waals surface area contributed by atoms with Gasteiger partial charge in [-0.05, 0) is 33.3 Å². The summed E-state index contributed by atoms with van der Waals surface area (Å²) in [6.07, 6.45) is 1.29. The van der Waals surface area contributed by atoms with Crippen LogP contribution in [0.3, 0.4) is 0 Å². The molecule has 19 heavy (non-hydrogen) atoms. The van der Waals surface area contributed by atoms with Crippen LogP contribution in [0.15, 0.2) is 18.2 Å². The van der Waals surface area contributed by atoms with Gasteiger partial charge in [-0.3, -0.25) is 0 Å². The molecule has 1 aliphatic heterocycles. The van der Waals surface area contributed by atoms with Crippen LogP contribution in [0.5, 0.6) is 5.75 Å². The molecule has 0 saturated heterocycles. The first-order valence-electron chi connectivity index (χ1n) is 7.10. The van der Waals surface area contributed by atoms with E-state index >= 15 is 0 Å². The predicted octanol–water partition coefficient (Wildman–Crippen LogP) is 2.91. The summed E-state index contributed by atoms with van der Waals surface area (Å²) >= 11 is 0. The van der Waals surface area contributed by atoms with E-state index in [9.17, 15) is 0 Å². The van der Waals surface area contributed by atoms with Crippen molar-refractivity contribution in [2.75, 3.05) is 13.2 Å². The summed E-state index contributed by atoms with van der Waals surface area (Å²) < 4.78 is 11.6. The molecular formula is C16H25NO2. The number of fused-ring (bicyclic) bond motifs is 1. The van der Waals surface area contributed by atoms with Crippen LogP contribution in [-0.2, 0) is 17.7 Å². The molecule has 0 saturated carbocycles. The van der Waals surface area contributed by atoms with Gasteiger partial charge in [0, 0.05) is 25.1 Å². The van der Waals surface area contributed by atoms with E-state index in [1.807, 2.05) is 0 Å². The summed E-state index contributed by atoms with van der Waals surface area (Å²) in [7, 11) is 0. The first-order chi connectivity index (χ1) is 8.98. The van der Waals surface area contributed by atoms with Gasteiger partial charge in [0.2, 0.25) is 0 Å². The Morgan fingerprint density at radius 3 is 2.89 bits per heavy atom. The summed E-state index contributed by atoms with van der Waals surface area (Å²) in [5.41, 5.74) is 2.49. The van der Waals surface area contributed by atoms with Crippen LogP contribution < -0.4 is 10.1 Å². The summed E-state index contributed by atoms with van der Waals surface area (Å²) in [5, 5.41) is 3.41. The van der Waals surface area contributed by atoms with E-state index in [0.717, 1.165) is 31.9 Å². The number of ether oxygens (including phenoxy) is 2. The van der Waals surface area contributed by atoms with Crippen LogP contribution in [0.4, 0.5) is 0 Å². The zero-order valence-electron chi connectivity index (χ0n) is 12.5. The third kappa shape index (κ3) is 3.95. The summed E-state index contributed by atoms with van der Waals surface area (Å²) in [4.78, 5) is 0. The van der Waals surface area contributed by atoms with Crippen molar-refractivity contribution in [2.24, 2.45) is 0 Å². The zero-order chi connectivity index (χ0) is 13.9. The second kappa shape index (κ2) is 5.93. The van der Waals surface area contributed by atoms with Gasteiger partial charge >= 0.3 is 0 Å². The Morgan fingerprint density at radius 2 is 2.16 bits per heavy atom. The van der Waals surface area contributed by atoms with Gasteiger partial charge in [0.05, 0.1) is 12.7 Å². The molecule has 0 aliphatic carbocycles.